The van der Waals surface area contributed by atoms with Crippen molar-refractivity contribution in [3.05, 3.63) is 23.8 Å². The van der Waals surface area contributed by atoms with Crippen LogP contribution < -0.4 is 15.8 Å². The average molecular weight is 266 g/mol. The monoisotopic (exact) mass is 266 g/mol. The number of nitrogen functional groups attached to an aromatic ring is 1. The lowest BCUT2D eigenvalue weighted by Gasteiger charge is -2.11. The third kappa shape index (κ3) is 4.17. The standard InChI is InChI=1S/C13H18N2O4/c1-3-15-11(16)8-19-13(17)12-9(14)6-5-7-10(12)18-4-2/h5-7H,3-4,8,14H2,1-2H3,(H,15,16). The Kier molecular flexibility index (Phi) is 5.66. The van der Waals surface area contributed by atoms with E-state index in [-0.39, 0.29) is 23.8 Å². The van der Waals surface area contributed by atoms with Crippen LogP contribution >= 0.6 is 0 Å². The van der Waals surface area contributed by atoms with Gasteiger partial charge in [-0.2, -0.15) is 0 Å². The maximum absolute atomic E-state index is 11.9. The second-order valence-electron chi connectivity index (χ2n) is 3.68. The van der Waals surface area contributed by atoms with E-state index in [1.165, 1.54) is 0 Å². The van der Waals surface area contributed by atoms with Gasteiger partial charge < -0.3 is 20.5 Å². The molecule has 0 spiro atoms. The first-order valence-corrected chi connectivity index (χ1v) is 6.05. The molecule has 1 aromatic carbocycles. The van der Waals surface area contributed by atoms with E-state index >= 15 is 0 Å². The molecule has 0 atom stereocenters. The lowest BCUT2D eigenvalue weighted by atomic mass is 10.1. The number of ether oxygens (including phenoxy) is 2. The number of hydrogen-bond donors (Lipinski definition) is 2. The number of nitrogens with one attached hydrogen (secondary N) is 1. The average Bonchev–Trinajstić information content (AvgIpc) is 2.37. The van der Waals surface area contributed by atoms with Crippen molar-refractivity contribution in [3.8, 4) is 5.75 Å². The van der Waals surface area contributed by atoms with Crippen molar-refractivity contribution in [2.75, 3.05) is 25.5 Å². The maximum atomic E-state index is 11.9. The predicted molar refractivity (Wildman–Crippen MR) is 71.0 cm³/mol. The Bertz CT molecular complexity index is 460. The van der Waals surface area contributed by atoms with Gasteiger partial charge >= 0.3 is 5.97 Å². The Morgan fingerprint density at radius 2 is 2.05 bits per heavy atom. The van der Waals surface area contributed by atoms with Gasteiger partial charge in [0.15, 0.2) is 6.61 Å². The number of rotatable bonds is 6. The van der Waals surface area contributed by atoms with Gasteiger partial charge in [0.2, 0.25) is 0 Å². The number of likely N-dealkylation sites (N-methyl/N-ethyl adjacent to an activating group) is 1. The van der Waals surface area contributed by atoms with E-state index in [4.69, 9.17) is 15.2 Å². The van der Waals surface area contributed by atoms with Gasteiger partial charge in [-0.15, -0.1) is 0 Å². The van der Waals surface area contributed by atoms with Crippen LogP contribution in [0.5, 0.6) is 5.75 Å². The van der Waals surface area contributed by atoms with Crippen LogP contribution in [0, 0.1) is 0 Å². The normalized spacial score (nSPS) is 9.79. The molecular formula is C13H18N2O4. The van der Waals surface area contributed by atoms with Gasteiger partial charge in [0, 0.05) is 12.2 Å². The Morgan fingerprint density at radius 1 is 1.32 bits per heavy atom. The van der Waals surface area contributed by atoms with Gasteiger partial charge in [0.25, 0.3) is 5.91 Å². The third-order valence-electron chi connectivity index (χ3n) is 2.27. The summed E-state index contributed by atoms with van der Waals surface area (Å²) in [6.45, 7) is 4.12. The summed E-state index contributed by atoms with van der Waals surface area (Å²) in [5.41, 5.74) is 6.14. The Labute approximate surface area is 111 Å². The summed E-state index contributed by atoms with van der Waals surface area (Å²) in [6.07, 6.45) is 0. The van der Waals surface area contributed by atoms with Gasteiger partial charge in [-0.1, -0.05) is 6.07 Å². The number of benzene rings is 1. The van der Waals surface area contributed by atoms with Gasteiger partial charge in [-0.25, -0.2) is 4.79 Å². The lowest BCUT2D eigenvalue weighted by molar-refractivity contribution is -0.124. The number of amides is 1. The fourth-order valence-electron chi connectivity index (χ4n) is 1.49. The number of carbonyl (C=O) groups excluding carboxylic acids is 2. The molecule has 0 fully saturated rings. The third-order valence-corrected chi connectivity index (χ3v) is 2.27. The first-order valence-electron chi connectivity index (χ1n) is 6.05. The minimum atomic E-state index is -0.673. The van der Waals surface area contributed by atoms with E-state index in [2.05, 4.69) is 5.32 Å². The summed E-state index contributed by atoms with van der Waals surface area (Å²) in [6, 6.07) is 4.88. The quantitative estimate of drug-likeness (QED) is 0.591. The highest BCUT2D eigenvalue weighted by atomic mass is 16.5. The minimum absolute atomic E-state index is 0.147. The lowest BCUT2D eigenvalue weighted by Crippen LogP contribution is -2.28. The molecule has 0 saturated heterocycles. The molecular weight excluding hydrogens is 248 g/mol. The predicted octanol–water partition coefficient (Wildman–Crippen LogP) is 0.960. The van der Waals surface area contributed by atoms with E-state index in [1.54, 1.807) is 32.0 Å². The van der Waals surface area contributed by atoms with E-state index < -0.39 is 5.97 Å². The van der Waals surface area contributed by atoms with Gasteiger partial charge in [-0.05, 0) is 26.0 Å². The van der Waals surface area contributed by atoms with Crippen molar-refractivity contribution in [1.29, 1.82) is 0 Å². The van der Waals surface area contributed by atoms with Gasteiger partial charge in [0.05, 0.1) is 6.61 Å². The van der Waals surface area contributed by atoms with Crippen molar-refractivity contribution in [3.63, 3.8) is 0 Å². The zero-order valence-electron chi connectivity index (χ0n) is 11.1. The van der Waals surface area contributed by atoms with Crippen LogP contribution in [0.1, 0.15) is 24.2 Å². The molecule has 0 aliphatic heterocycles. The fraction of sp³-hybridized carbons (Fsp3) is 0.385. The van der Waals surface area contributed by atoms with Crippen molar-refractivity contribution in [2.45, 2.75) is 13.8 Å². The highest BCUT2D eigenvalue weighted by Gasteiger charge is 2.18. The molecule has 19 heavy (non-hydrogen) atoms. The van der Waals surface area contributed by atoms with Crippen molar-refractivity contribution < 1.29 is 19.1 Å². The first-order chi connectivity index (χ1) is 9.10. The highest BCUT2D eigenvalue weighted by Crippen LogP contribution is 2.25. The zero-order valence-corrected chi connectivity index (χ0v) is 11.1. The first kappa shape index (κ1) is 14.8. The minimum Gasteiger partial charge on any atom is -0.493 e. The SMILES string of the molecule is CCNC(=O)COC(=O)c1c(N)cccc1OCC. The summed E-state index contributed by atoms with van der Waals surface area (Å²) >= 11 is 0. The van der Waals surface area contributed by atoms with Gasteiger partial charge in [-0.3, -0.25) is 4.79 Å². The summed E-state index contributed by atoms with van der Waals surface area (Å²) in [5.74, 6) is -0.681. The number of anilines is 1. The topological polar surface area (TPSA) is 90.7 Å². The molecule has 0 unspecified atom stereocenters. The number of carbonyl (C=O) groups is 2. The van der Waals surface area contributed by atoms with Gasteiger partial charge in [0.1, 0.15) is 11.3 Å². The van der Waals surface area contributed by atoms with Crippen LogP contribution in [-0.4, -0.2) is 31.6 Å². The molecule has 1 aromatic rings. The molecule has 6 nitrogen and oxygen atoms in total. The molecule has 104 valence electrons. The van der Waals surface area contributed by atoms with Crippen LogP contribution in [0.4, 0.5) is 5.69 Å². The molecule has 0 bridgehead atoms. The van der Waals surface area contributed by atoms with Crippen LogP contribution in [0.25, 0.3) is 0 Å². The number of hydrogen-bond acceptors (Lipinski definition) is 5. The molecule has 0 aromatic heterocycles. The fourth-order valence-corrected chi connectivity index (χ4v) is 1.49. The molecule has 0 heterocycles. The molecule has 1 amide bonds. The van der Waals surface area contributed by atoms with Crippen LogP contribution in [0.15, 0.2) is 18.2 Å². The largest absolute Gasteiger partial charge is 0.493 e. The number of esters is 1. The van der Waals surface area contributed by atoms with E-state index in [0.717, 1.165) is 0 Å². The maximum Gasteiger partial charge on any atom is 0.344 e. The summed E-state index contributed by atoms with van der Waals surface area (Å²) in [7, 11) is 0. The summed E-state index contributed by atoms with van der Waals surface area (Å²) in [4.78, 5) is 23.1. The highest BCUT2D eigenvalue weighted by molar-refractivity contribution is 5.99. The molecule has 0 aliphatic carbocycles. The molecule has 0 radical (unpaired) electrons. The Morgan fingerprint density at radius 3 is 2.68 bits per heavy atom. The molecule has 3 N–H and O–H groups in total. The molecule has 1 rings (SSSR count). The Balaban J connectivity index is 2.78. The van der Waals surface area contributed by atoms with Crippen LogP contribution in [-0.2, 0) is 9.53 Å². The van der Waals surface area contributed by atoms with E-state index in [9.17, 15) is 9.59 Å². The molecule has 0 saturated carbocycles. The second-order valence-corrected chi connectivity index (χ2v) is 3.68. The van der Waals surface area contributed by atoms with Crippen LogP contribution in [0.3, 0.4) is 0 Å². The zero-order chi connectivity index (χ0) is 14.3. The van der Waals surface area contributed by atoms with Crippen molar-refractivity contribution >= 4 is 17.6 Å². The molecule has 0 aliphatic rings. The number of nitrogens with two attached hydrogens (primary N) is 1. The van der Waals surface area contributed by atoms with Crippen molar-refractivity contribution in [1.82, 2.24) is 5.32 Å². The molecule has 6 heteroatoms. The van der Waals surface area contributed by atoms with E-state index in [1.807, 2.05) is 0 Å². The van der Waals surface area contributed by atoms with E-state index in [0.29, 0.717) is 18.9 Å². The Hall–Kier alpha value is -2.24. The summed E-state index contributed by atoms with van der Waals surface area (Å²) < 4.78 is 10.2. The van der Waals surface area contributed by atoms with Crippen LogP contribution in [0.2, 0.25) is 0 Å². The summed E-state index contributed by atoms with van der Waals surface area (Å²) in [5, 5.41) is 2.53. The second kappa shape index (κ2) is 7.25. The van der Waals surface area contributed by atoms with Crippen molar-refractivity contribution in [2.24, 2.45) is 0 Å². The smallest absolute Gasteiger partial charge is 0.344 e.